The van der Waals surface area contributed by atoms with E-state index in [0.29, 0.717) is 0 Å². The van der Waals surface area contributed by atoms with Gasteiger partial charge in [0.1, 0.15) is 0 Å². The lowest BCUT2D eigenvalue weighted by atomic mass is 10.1. The molecular formula is C20H16F3N3O3. The summed E-state index contributed by atoms with van der Waals surface area (Å²) in [7, 11) is 0. The van der Waals surface area contributed by atoms with E-state index in [0.717, 1.165) is 22.5 Å². The van der Waals surface area contributed by atoms with Gasteiger partial charge >= 0.3 is 12.1 Å². The monoisotopic (exact) mass is 403 g/mol. The molecule has 0 saturated heterocycles. The summed E-state index contributed by atoms with van der Waals surface area (Å²) in [6.45, 7) is 0. The average molecular weight is 403 g/mol. The normalized spacial score (nSPS) is 12.4. The first-order chi connectivity index (χ1) is 13.7. The lowest BCUT2D eigenvalue weighted by Gasteiger charge is -2.15. The summed E-state index contributed by atoms with van der Waals surface area (Å²) < 4.78 is 44.4. The fourth-order valence-corrected chi connectivity index (χ4v) is 2.62. The lowest BCUT2D eigenvalue weighted by molar-refractivity contribution is -0.141. The Morgan fingerprint density at radius 1 is 1.07 bits per heavy atom. The summed E-state index contributed by atoms with van der Waals surface area (Å²) in [4.78, 5) is 24.1. The fourth-order valence-electron chi connectivity index (χ4n) is 2.62. The maximum atomic E-state index is 12.7. The zero-order chi connectivity index (χ0) is 21.0. The van der Waals surface area contributed by atoms with Crippen molar-refractivity contribution in [2.75, 3.05) is 0 Å². The number of hydrogen-bond acceptors (Lipinski definition) is 4. The minimum Gasteiger partial charge on any atom is -0.448 e. The first kappa shape index (κ1) is 20.1. The third-order valence-corrected chi connectivity index (χ3v) is 4.06. The Morgan fingerprint density at radius 3 is 2.41 bits per heavy atom. The zero-order valence-electron chi connectivity index (χ0n) is 15.0. The van der Waals surface area contributed by atoms with Crippen LogP contribution in [0, 0.1) is 0 Å². The Morgan fingerprint density at radius 2 is 1.79 bits per heavy atom. The quantitative estimate of drug-likeness (QED) is 0.641. The molecule has 1 amide bonds. The summed E-state index contributed by atoms with van der Waals surface area (Å²) in [6.07, 6.45) is -4.52. The van der Waals surface area contributed by atoms with E-state index >= 15 is 0 Å². The third-order valence-electron chi connectivity index (χ3n) is 4.06. The van der Waals surface area contributed by atoms with Crippen LogP contribution in [-0.2, 0) is 22.1 Å². The summed E-state index contributed by atoms with van der Waals surface area (Å²) >= 11 is 0. The van der Waals surface area contributed by atoms with Crippen molar-refractivity contribution in [2.45, 2.75) is 18.7 Å². The van der Waals surface area contributed by atoms with Gasteiger partial charge in [-0.2, -0.15) is 18.3 Å². The molecule has 150 valence electrons. The Labute approximate surface area is 163 Å². The van der Waals surface area contributed by atoms with E-state index in [4.69, 9.17) is 10.5 Å². The van der Waals surface area contributed by atoms with Crippen molar-refractivity contribution >= 4 is 11.9 Å². The Balaban J connectivity index is 1.78. The third kappa shape index (κ3) is 5.01. The van der Waals surface area contributed by atoms with E-state index in [1.807, 2.05) is 0 Å². The highest BCUT2D eigenvalue weighted by Gasteiger charge is 2.33. The van der Waals surface area contributed by atoms with Gasteiger partial charge in [-0.05, 0) is 29.8 Å². The van der Waals surface area contributed by atoms with Crippen LogP contribution >= 0.6 is 0 Å². The largest absolute Gasteiger partial charge is 0.448 e. The number of nitrogens with zero attached hydrogens (tertiary/aromatic N) is 2. The molecule has 0 radical (unpaired) electrons. The van der Waals surface area contributed by atoms with Crippen LogP contribution in [0.2, 0.25) is 0 Å². The topological polar surface area (TPSA) is 87.2 Å². The van der Waals surface area contributed by atoms with Crippen molar-refractivity contribution < 1.29 is 27.5 Å². The number of alkyl halides is 3. The van der Waals surface area contributed by atoms with Gasteiger partial charge in [0.2, 0.25) is 0 Å². The number of primary amides is 1. The second-order valence-corrected chi connectivity index (χ2v) is 6.18. The summed E-state index contributed by atoms with van der Waals surface area (Å²) in [5.41, 5.74) is 5.32. The predicted molar refractivity (Wildman–Crippen MR) is 97.1 cm³/mol. The van der Waals surface area contributed by atoms with Gasteiger partial charge in [0.05, 0.1) is 11.3 Å². The number of aromatic nitrogens is 2. The van der Waals surface area contributed by atoms with Crippen molar-refractivity contribution in [2.24, 2.45) is 5.73 Å². The van der Waals surface area contributed by atoms with E-state index in [9.17, 15) is 22.8 Å². The van der Waals surface area contributed by atoms with Crippen LogP contribution in [-0.4, -0.2) is 27.8 Å². The number of carbonyl (C=O) groups is 2. The molecule has 6 nitrogen and oxygen atoms in total. The van der Waals surface area contributed by atoms with Crippen LogP contribution in [0.1, 0.15) is 21.6 Å². The number of halogens is 3. The van der Waals surface area contributed by atoms with E-state index in [1.54, 1.807) is 30.3 Å². The molecule has 0 fully saturated rings. The maximum Gasteiger partial charge on any atom is 0.435 e. The molecule has 0 aliphatic rings. The van der Waals surface area contributed by atoms with Crippen LogP contribution in [0.5, 0.6) is 0 Å². The molecule has 1 heterocycles. The summed E-state index contributed by atoms with van der Waals surface area (Å²) in [6, 6.07) is 15.4. The van der Waals surface area contributed by atoms with Gasteiger partial charge in [-0.25, -0.2) is 9.48 Å². The van der Waals surface area contributed by atoms with Crippen LogP contribution in [0.3, 0.4) is 0 Å². The van der Waals surface area contributed by atoms with Crippen LogP contribution in [0.25, 0.3) is 5.69 Å². The van der Waals surface area contributed by atoms with E-state index in [2.05, 4.69) is 5.10 Å². The summed E-state index contributed by atoms with van der Waals surface area (Å²) in [5.74, 6) is -1.63. The Kier molecular flexibility index (Phi) is 5.67. The van der Waals surface area contributed by atoms with Crippen molar-refractivity contribution in [3.05, 3.63) is 83.7 Å². The van der Waals surface area contributed by atoms with Gasteiger partial charge in [-0.3, -0.25) is 4.79 Å². The highest BCUT2D eigenvalue weighted by Crippen LogP contribution is 2.28. The van der Waals surface area contributed by atoms with Crippen LogP contribution < -0.4 is 5.73 Å². The number of hydrogen-bond donors (Lipinski definition) is 1. The smallest absolute Gasteiger partial charge is 0.435 e. The van der Waals surface area contributed by atoms with Crippen molar-refractivity contribution in [3.8, 4) is 5.69 Å². The molecule has 1 unspecified atom stereocenters. The number of amides is 1. The molecule has 0 saturated carbocycles. The fraction of sp³-hybridized carbons (Fsp3) is 0.150. The minimum absolute atomic E-state index is 0.0471. The molecule has 3 rings (SSSR count). The molecule has 1 atom stereocenters. The van der Waals surface area contributed by atoms with Crippen LogP contribution in [0.15, 0.2) is 66.9 Å². The van der Waals surface area contributed by atoms with Crippen molar-refractivity contribution in [1.29, 1.82) is 0 Å². The second kappa shape index (κ2) is 8.17. The molecule has 3 aromatic rings. The molecule has 9 heteroatoms. The molecule has 0 spiro atoms. The molecule has 29 heavy (non-hydrogen) atoms. The highest BCUT2D eigenvalue weighted by molar-refractivity contribution is 5.92. The Bertz CT molecular complexity index is 1020. The number of rotatable bonds is 6. The first-order valence-corrected chi connectivity index (χ1v) is 8.51. The zero-order valence-corrected chi connectivity index (χ0v) is 15.0. The number of benzene rings is 2. The van der Waals surface area contributed by atoms with Gasteiger partial charge in [0, 0.05) is 12.6 Å². The second-order valence-electron chi connectivity index (χ2n) is 6.18. The SMILES string of the molecule is NC(=O)C(Cc1ccccc1)OC(=O)c1cccc(-n2ccc(C(F)(F)F)n2)c1. The van der Waals surface area contributed by atoms with E-state index < -0.39 is 29.9 Å². The van der Waals surface area contributed by atoms with Gasteiger partial charge in [0.15, 0.2) is 11.8 Å². The molecule has 1 aromatic heterocycles. The van der Waals surface area contributed by atoms with Crippen LogP contribution in [0.4, 0.5) is 13.2 Å². The predicted octanol–water partition coefficient (Wildman–Crippen LogP) is 3.14. The number of esters is 1. The molecule has 0 bridgehead atoms. The van der Waals surface area contributed by atoms with Crippen molar-refractivity contribution in [3.63, 3.8) is 0 Å². The highest BCUT2D eigenvalue weighted by atomic mass is 19.4. The first-order valence-electron chi connectivity index (χ1n) is 8.51. The number of nitrogens with two attached hydrogens (primary N) is 1. The van der Waals surface area contributed by atoms with Gasteiger partial charge in [-0.1, -0.05) is 36.4 Å². The minimum atomic E-state index is -4.58. The Hall–Kier alpha value is -3.62. The molecule has 2 N–H and O–H groups in total. The molecule has 0 aliphatic carbocycles. The van der Waals surface area contributed by atoms with Gasteiger partial charge in [0.25, 0.3) is 5.91 Å². The number of carbonyl (C=O) groups excluding carboxylic acids is 2. The maximum absolute atomic E-state index is 12.7. The van der Waals surface area contributed by atoms with Crippen molar-refractivity contribution in [1.82, 2.24) is 9.78 Å². The molecule has 0 aliphatic heterocycles. The lowest BCUT2D eigenvalue weighted by Crippen LogP contribution is -2.35. The summed E-state index contributed by atoms with van der Waals surface area (Å²) in [5, 5.41) is 3.46. The van der Waals surface area contributed by atoms with Gasteiger partial charge < -0.3 is 10.5 Å². The van der Waals surface area contributed by atoms with Gasteiger partial charge in [-0.15, -0.1) is 0 Å². The molecule has 2 aromatic carbocycles. The molecular weight excluding hydrogens is 387 g/mol. The number of ether oxygens (including phenoxy) is 1. The average Bonchev–Trinajstić information content (AvgIpc) is 3.19. The van der Waals surface area contributed by atoms with E-state index in [1.165, 1.54) is 24.3 Å². The van der Waals surface area contributed by atoms with E-state index in [-0.39, 0.29) is 17.7 Å². The standard InChI is InChI=1S/C20H16F3N3O3/c21-20(22,23)17-9-10-26(25-17)15-8-4-7-14(12-15)19(28)29-16(18(24)27)11-13-5-2-1-3-6-13/h1-10,12,16H,11H2,(H2,24,27).